The summed E-state index contributed by atoms with van der Waals surface area (Å²) < 4.78 is 0. The molecule has 0 amide bonds. The minimum absolute atomic E-state index is 0. The van der Waals surface area contributed by atoms with Gasteiger partial charge in [0.25, 0.3) is 0 Å². The summed E-state index contributed by atoms with van der Waals surface area (Å²) in [4.78, 5) is 10.3. The zero-order valence-electron chi connectivity index (χ0n) is 11.9. The number of rotatable bonds is 1. The van der Waals surface area contributed by atoms with Crippen molar-refractivity contribution >= 4 is 42.4 Å². The highest BCUT2D eigenvalue weighted by atomic mass is 35.5. The summed E-state index contributed by atoms with van der Waals surface area (Å²) in [7, 11) is 0. The van der Waals surface area contributed by atoms with Gasteiger partial charge < -0.3 is 16.4 Å². The van der Waals surface area contributed by atoms with Crippen molar-refractivity contribution in [2.24, 2.45) is 21.5 Å². The molecule has 0 bridgehead atoms. The third-order valence-corrected chi connectivity index (χ3v) is 2.86. The molecule has 0 atom stereocenters. The van der Waals surface area contributed by atoms with Gasteiger partial charge in [-0.15, -0.1) is 24.8 Å². The van der Waals surface area contributed by atoms with Crippen molar-refractivity contribution in [2.75, 3.05) is 13.1 Å². The van der Waals surface area contributed by atoms with E-state index in [0.29, 0.717) is 5.96 Å². The fourth-order valence-electron chi connectivity index (χ4n) is 1.89. The third-order valence-electron chi connectivity index (χ3n) is 2.86. The van der Waals surface area contributed by atoms with Gasteiger partial charge in [0, 0.05) is 13.1 Å². The number of guanidine groups is 2. The van der Waals surface area contributed by atoms with E-state index in [1.807, 2.05) is 36.1 Å². The van der Waals surface area contributed by atoms with Crippen LogP contribution in [0.1, 0.15) is 12.0 Å². The lowest BCUT2D eigenvalue weighted by Gasteiger charge is -2.23. The predicted octanol–water partition coefficient (Wildman–Crippen LogP) is 2.36. The average Bonchev–Trinajstić information content (AvgIpc) is 2.39. The second-order valence-electron chi connectivity index (χ2n) is 4.49. The van der Waals surface area contributed by atoms with Crippen LogP contribution in [0.4, 0.5) is 5.69 Å². The molecule has 0 fully saturated rings. The van der Waals surface area contributed by atoms with Crippen molar-refractivity contribution in [1.82, 2.24) is 4.90 Å². The number of hydrogen-bond donors (Lipinski definition) is 2. The van der Waals surface area contributed by atoms with E-state index in [0.717, 1.165) is 30.8 Å². The molecule has 21 heavy (non-hydrogen) atoms. The van der Waals surface area contributed by atoms with Crippen LogP contribution >= 0.6 is 24.8 Å². The molecule has 0 aliphatic carbocycles. The maximum Gasteiger partial charge on any atom is 0.223 e. The van der Waals surface area contributed by atoms with Crippen molar-refractivity contribution in [3.05, 3.63) is 42.0 Å². The SMILES string of the molecule is Cc1cccc(N=C(N)/N=C(/N)N2CC=CCC2)c1.Cl.Cl. The Labute approximate surface area is 137 Å². The highest BCUT2D eigenvalue weighted by molar-refractivity contribution is 5.94. The molecule has 7 heteroatoms. The maximum absolute atomic E-state index is 5.91. The number of benzene rings is 1. The summed E-state index contributed by atoms with van der Waals surface area (Å²) in [6.45, 7) is 3.64. The molecule has 1 aromatic rings. The van der Waals surface area contributed by atoms with E-state index in [1.165, 1.54) is 0 Å². The van der Waals surface area contributed by atoms with Gasteiger partial charge in [-0.05, 0) is 31.0 Å². The summed E-state index contributed by atoms with van der Waals surface area (Å²) in [5.74, 6) is 0.593. The van der Waals surface area contributed by atoms with E-state index in [1.54, 1.807) is 0 Å². The summed E-state index contributed by atoms with van der Waals surface area (Å²) >= 11 is 0. The number of hydrogen-bond acceptors (Lipinski definition) is 1. The number of aliphatic imine (C=N–C) groups is 2. The predicted molar refractivity (Wildman–Crippen MR) is 93.9 cm³/mol. The molecular formula is C14H21Cl2N5. The lowest BCUT2D eigenvalue weighted by atomic mass is 10.2. The Hall–Kier alpha value is -1.72. The number of halogens is 2. The molecule has 1 heterocycles. The molecular weight excluding hydrogens is 309 g/mol. The van der Waals surface area contributed by atoms with Gasteiger partial charge in [0.2, 0.25) is 5.96 Å². The lowest BCUT2D eigenvalue weighted by molar-refractivity contribution is 0.450. The van der Waals surface area contributed by atoms with E-state index in [4.69, 9.17) is 11.5 Å². The molecule has 2 rings (SSSR count). The van der Waals surface area contributed by atoms with Crippen LogP contribution in [0.25, 0.3) is 0 Å². The number of nitrogens with zero attached hydrogens (tertiary/aromatic N) is 3. The first-order valence-electron chi connectivity index (χ1n) is 6.30. The van der Waals surface area contributed by atoms with Gasteiger partial charge in [-0.1, -0.05) is 24.3 Å². The quantitative estimate of drug-likeness (QED) is 0.471. The Morgan fingerprint density at radius 2 is 1.95 bits per heavy atom. The smallest absolute Gasteiger partial charge is 0.223 e. The molecule has 1 aliphatic rings. The first-order chi connectivity index (χ1) is 9.15. The largest absolute Gasteiger partial charge is 0.369 e. The van der Waals surface area contributed by atoms with Gasteiger partial charge in [0.05, 0.1) is 5.69 Å². The van der Waals surface area contributed by atoms with Gasteiger partial charge in [-0.25, -0.2) is 4.99 Å². The van der Waals surface area contributed by atoms with Crippen LogP contribution < -0.4 is 11.5 Å². The summed E-state index contributed by atoms with van der Waals surface area (Å²) in [6, 6.07) is 7.77. The van der Waals surface area contributed by atoms with Crippen LogP contribution in [-0.2, 0) is 0 Å². The Balaban J connectivity index is 0.00000200. The minimum Gasteiger partial charge on any atom is -0.369 e. The molecule has 1 aliphatic heterocycles. The fraction of sp³-hybridized carbons (Fsp3) is 0.286. The molecule has 0 saturated carbocycles. The summed E-state index contributed by atoms with van der Waals surface area (Å²) in [5, 5.41) is 0. The molecule has 5 nitrogen and oxygen atoms in total. The van der Waals surface area contributed by atoms with Gasteiger partial charge in [-0.2, -0.15) is 4.99 Å². The average molecular weight is 330 g/mol. The maximum atomic E-state index is 5.91. The van der Waals surface area contributed by atoms with Crippen molar-refractivity contribution in [3.63, 3.8) is 0 Å². The van der Waals surface area contributed by atoms with Gasteiger partial charge in [0.1, 0.15) is 0 Å². The first kappa shape index (κ1) is 19.3. The van der Waals surface area contributed by atoms with Crippen LogP contribution in [0, 0.1) is 6.92 Å². The zero-order valence-corrected chi connectivity index (χ0v) is 13.5. The summed E-state index contributed by atoms with van der Waals surface area (Å²) in [6.07, 6.45) is 5.18. The Morgan fingerprint density at radius 3 is 2.57 bits per heavy atom. The molecule has 1 aromatic carbocycles. The van der Waals surface area contributed by atoms with E-state index < -0.39 is 0 Å². The summed E-state index contributed by atoms with van der Waals surface area (Å²) in [5.41, 5.74) is 13.6. The van der Waals surface area contributed by atoms with Crippen LogP contribution in [-0.4, -0.2) is 29.9 Å². The Bertz CT molecular complexity index is 540. The van der Waals surface area contributed by atoms with Crippen molar-refractivity contribution in [3.8, 4) is 0 Å². The molecule has 0 radical (unpaired) electrons. The number of aryl methyl sites for hydroxylation is 1. The van der Waals surface area contributed by atoms with Gasteiger partial charge in [-0.3, -0.25) is 0 Å². The van der Waals surface area contributed by atoms with Gasteiger partial charge in [0.15, 0.2) is 5.96 Å². The Morgan fingerprint density at radius 1 is 1.19 bits per heavy atom. The second-order valence-corrected chi connectivity index (χ2v) is 4.49. The van der Waals surface area contributed by atoms with E-state index in [2.05, 4.69) is 22.1 Å². The fourth-order valence-corrected chi connectivity index (χ4v) is 1.89. The standard InChI is InChI=1S/C14H19N5.2ClH/c1-11-6-5-7-12(10-11)17-13(15)18-14(16)19-8-3-2-4-9-19;;/h2-3,5-7,10H,4,8-9H2,1H3,(H4,15,16,17,18);2*1H. The van der Waals surface area contributed by atoms with E-state index in [-0.39, 0.29) is 30.8 Å². The highest BCUT2D eigenvalue weighted by Crippen LogP contribution is 2.13. The van der Waals surface area contributed by atoms with Crippen LogP contribution in [0.3, 0.4) is 0 Å². The second kappa shape index (κ2) is 9.26. The zero-order chi connectivity index (χ0) is 13.7. The van der Waals surface area contributed by atoms with E-state index in [9.17, 15) is 0 Å². The van der Waals surface area contributed by atoms with Crippen LogP contribution in [0.2, 0.25) is 0 Å². The molecule has 0 spiro atoms. The lowest BCUT2D eigenvalue weighted by Crippen LogP contribution is -2.40. The normalized spacial score (nSPS) is 15.2. The number of nitrogens with two attached hydrogens (primary N) is 2. The van der Waals surface area contributed by atoms with E-state index >= 15 is 0 Å². The monoisotopic (exact) mass is 329 g/mol. The third kappa shape index (κ3) is 6.06. The molecule has 116 valence electrons. The molecule has 0 unspecified atom stereocenters. The first-order valence-corrected chi connectivity index (χ1v) is 6.30. The van der Waals surface area contributed by atoms with Gasteiger partial charge >= 0.3 is 0 Å². The van der Waals surface area contributed by atoms with Crippen molar-refractivity contribution < 1.29 is 0 Å². The molecule has 4 N–H and O–H groups in total. The molecule has 0 aromatic heterocycles. The Kier molecular flexibility index (Phi) is 8.50. The molecule has 0 saturated heterocycles. The topological polar surface area (TPSA) is 80.0 Å². The van der Waals surface area contributed by atoms with Crippen molar-refractivity contribution in [1.29, 1.82) is 0 Å². The van der Waals surface area contributed by atoms with Crippen LogP contribution in [0.5, 0.6) is 0 Å². The minimum atomic E-state index is 0. The van der Waals surface area contributed by atoms with Crippen molar-refractivity contribution in [2.45, 2.75) is 13.3 Å². The highest BCUT2D eigenvalue weighted by Gasteiger charge is 2.08. The van der Waals surface area contributed by atoms with Crippen LogP contribution in [0.15, 0.2) is 46.4 Å².